The van der Waals surface area contributed by atoms with Gasteiger partial charge in [0.25, 0.3) is 5.91 Å². The summed E-state index contributed by atoms with van der Waals surface area (Å²) in [5, 5.41) is 8.36. The Kier molecular flexibility index (Phi) is 4.07. The van der Waals surface area contributed by atoms with Crippen molar-refractivity contribution in [1.82, 2.24) is 15.1 Å². The van der Waals surface area contributed by atoms with Gasteiger partial charge in [-0.05, 0) is 80.5 Å². The summed E-state index contributed by atoms with van der Waals surface area (Å²) in [6, 6.07) is 7.10. The summed E-state index contributed by atoms with van der Waals surface area (Å²) in [5.41, 5.74) is 2.00. The van der Waals surface area contributed by atoms with Gasteiger partial charge in [0.1, 0.15) is 5.69 Å². The van der Waals surface area contributed by atoms with Gasteiger partial charge in [0.15, 0.2) is 0 Å². The highest BCUT2D eigenvalue weighted by Gasteiger charge is 2.53. The number of hydrogen-bond acceptors (Lipinski definition) is 2. The van der Waals surface area contributed by atoms with Crippen LogP contribution in [0.15, 0.2) is 24.3 Å². The van der Waals surface area contributed by atoms with Gasteiger partial charge in [-0.25, -0.2) is 0 Å². The highest BCUT2D eigenvalue weighted by atomic mass is 35.5. The summed E-state index contributed by atoms with van der Waals surface area (Å²) in [7, 11) is 1.98. The molecule has 0 radical (unpaired) electrons. The van der Waals surface area contributed by atoms with Crippen LogP contribution in [-0.4, -0.2) is 33.6 Å². The average Bonchev–Trinajstić information content (AvgIpc) is 3.09. The molecule has 142 valence electrons. The lowest BCUT2D eigenvalue weighted by molar-refractivity contribution is -0.0667. The van der Waals surface area contributed by atoms with E-state index in [1.54, 1.807) is 18.2 Å². The third-order valence-electron chi connectivity index (χ3n) is 7.04. The number of aromatic amines is 1. The molecule has 27 heavy (non-hydrogen) atoms. The molecule has 0 atom stereocenters. The first-order valence-electron chi connectivity index (χ1n) is 9.72. The van der Waals surface area contributed by atoms with Crippen molar-refractivity contribution in [1.29, 1.82) is 0 Å². The van der Waals surface area contributed by atoms with Gasteiger partial charge in [-0.15, -0.1) is 0 Å². The molecule has 2 aromatic rings. The van der Waals surface area contributed by atoms with E-state index >= 15 is 0 Å². The molecule has 0 unspecified atom stereocenters. The molecule has 4 aliphatic carbocycles. The molecule has 6 heteroatoms. The maximum atomic E-state index is 13.2. The molecule has 1 aromatic carbocycles. The van der Waals surface area contributed by atoms with E-state index in [-0.39, 0.29) is 11.4 Å². The van der Waals surface area contributed by atoms with E-state index in [2.05, 4.69) is 10.2 Å². The average molecular weight is 404 g/mol. The van der Waals surface area contributed by atoms with Gasteiger partial charge in [-0.1, -0.05) is 23.2 Å². The zero-order chi connectivity index (χ0) is 18.8. The molecule has 4 bridgehead atoms. The van der Waals surface area contributed by atoms with Crippen LogP contribution < -0.4 is 0 Å². The number of amides is 1. The first kappa shape index (κ1) is 17.6. The fourth-order valence-corrected chi connectivity index (χ4v) is 6.64. The van der Waals surface area contributed by atoms with Crippen LogP contribution in [0.5, 0.6) is 0 Å². The molecule has 0 saturated heterocycles. The summed E-state index contributed by atoms with van der Waals surface area (Å²) >= 11 is 12.3. The molecule has 1 amide bonds. The predicted octanol–water partition coefficient (Wildman–Crippen LogP) is 5.42. The lowest BCUT2D eigenvalue weighted by Gasteiger charge is -2.59. The number of aromatic nitrogens is 2. The Balaban J connectivity index is 1.41. The highest BCUT2D eigenvalue weighted by molar-refractivity contribution is 6.36. The van der Waals surface area contributed by atoms with Crippen LogP contribution in [0.1, 0.15) is 49.0 Å². The molecule has 0 aliphatic heterocycles. The molecule has 1 heterocycles. The maximum absolute atomic E-state index is 13.2. The van der Waals surface area contributed by atoms with Crippen molar-refractivity contribution in [2.24, 2.45) is 17.8 Å². The van der Waals surface area contributed by atoms with E-state index in [1.807, 2.05) is 18.0 Å². The van der Waals surface area contributed by atoms with Crippen molar-refractivity contribution < 1.29 is 4.79 Å². The molecule has 0 spiro atoms. The predicted molar refractivity (Wildman–Crippen MR) is 107 cm³/mol. The second-order valence-electron chi connectivity index (χ2n) is 8.80. The van der Waals surface area contributed by atoms with Gasteiger partial charge in [0, 0.05) is 23.2 Å². The SMILES string of the molecule is CN(C(=O)c1cc(-c2ccc(Cl)cc2Cl)n[nH]1)C12CC3CC(CC(C3)C1)C2. The quantitative estimate of drug-likeness (QED) is 0.742. The molecule has 4 fully saturated rings. The van der Waals surface area contributed by atoms with Crippen molar-refractivity contribution in [3.05, 3.63) is 40.0 Å². The van der Waals surface area contributed by atoms with Crippen LogP contribution in [0.25, 0.3) is 11.3 Å². The Morgan fingerprint density at radius 3 is 2.33 bits per heavy atom. The topological polar surface area (TPSA) is 49.0 Å². The summed E-state index contributed by atoms with van der Waals surface area (Å²) in [4.78, 5) is 15.3. The van der Waals surface area contributed by atoms with Gasteiger partial charge in [0.05, 0.1) is 10.7 Å². The Morgan fingerprint density at radius 2 is 1.74 bits per heavy atom. The second kappa shape index (κ2) is 6.25. The molecular formula is C21H23Cl2N3O. The fourth-order valence-electron chi connectivity index (χ4n) is 6.14. The van der Waals surface area contributed by atoms with E-state index < -0.39 is 0 Å². The number of rotatable bonds is 3. The molecule has 4 saturated carbocycles. The standard InChI is InChI=1S/C21H23Cl2N3O/c1-26(21-9-12-4-13(10-21)6-14(5-12)11-21)20(27)19-8-18(24-25-19)16-3-2-15(22)7-17(16)23/h2-3,7-8,12-14H,4-6,9-11H2,1H3,(H,24,25). The molecular weight excluding hydrogens is 381 g/mol. The third kappa shape index (κ3) is 2.89. The van der Waals surface area contributed by atoms with Crippen molar-refractivity contribution >= 4 is 29.1 Å². The highest BCUT2D eigenvalue weighted by Crippen LogP contribution is 2.57. The minimum atomic E-state index is 0.0285. The Bertz CT molecular complexity index is 871. The normalized spacial score (nSPS) is 31.3. The molecule has 1 N–H and O–H groups in total. The number of H-pyrrole nitrogens is 1. The minimum absolute atomic E-state index is 0.0285. The minimum Gasteiger partial charge on any atom is -0.335 e. The number of benzene rings is 1. The fraction of sp³-hybridized carbons (Fsp3) is 0.524. The van der Waals surface area contributed by atoms with E-state index in [4.69, 9.17) is 23.2 Å². The first-order valence-corrected chi connectivity index (χ1v) is 10.5. The zero-order valence-electron chi connectivity index (χ0n) is 15.3. The van der Waals surface area contributed by atoms with Crippen LogP contribution in [-0.2, 0) is 0 Å². The van der Waals surface area contributed by atoms with E-state index in [0.29, 0.717) is 21.4 Å². The summed E-state index contributed by atoms with van der Waals surface area (Å²) in [6.07, 6.45) is 7.57. The Hall–Kier alpha value is -1.52. The number of carbonyl (C=O) groups excluding carboxylic acids is 1. The number of nitrogens with one attached hydrogen (secondary N) is 1. The summed E-state index contributed by atoms with van der Waals surface area (Å²) in [6.45, 7) is 0. The first-order chi connectivity index (χ1) is 12.9. The lowest BCUT2D eigenvalue weighted by Crippen LogP contribution is -2.60. The number of halogens is 2. The van der Waals surface area contributed by atoms with Crippen LogP contribution in [0.4, 0.5) is 0 Å². The monoisotopic (exact) mass is 403 g/mol. The summed E-state index contributed by atoms with van der Waals surface area (Å²) < 4.78 is 0. The molecule has 4 aliphatic rings. The van der Waals surface area contributed by atoms with E-state index in [0.717, 1.165) is 42.6 Å². The van der Waals surface area contributed by atoms with E-state index in [1.165, 1.54) is 19.3 Å². The maximum Gasteiger partial charge on any atom is 0.272 e. The van der Waals surface area contributed by atoms with Crippen LogP contribution in [0.3, 0.4) is 0 Å². The number of carbonyl (C=O) groups is 1. The Morgan fingerprint density at radius 1 is 1.11 bits per heavy atom. The van der Waals surface area contributed by atoms with Gasteiger partial charge >= 0.3 is 0 Å². The van der Waals surface area contributed by atoms with Gasteiger partial charge in [-0.3, -0.25) is 9.89 Å². The zero-order valence-corrected chi connectivity index (χ0v) is 16.9. The van der Waals surface area contributed by atoms with E-state index in [9.17, 15) is 4.79 Å². The number of hydrogen-bond donors (Lipinski definition) is 1. The Labute approximate surface area is 169 Å². The molecule has 4 nitrogen and oxygen atoms in total. The smallest absolute Gasteiger partial charge is 0.272 e. The molecule has 6 rings (SSSR count). The lowest BCUT2D eigenvalue weighted by atomic mass is 9.52. The van der Waals surface area contributed by atoms with Crippen molar-refractivity contribution in [3.8, 4) is 11.3 Å². The van der Waals surface area contributed by atoms with Gasteiger partial charge in [-0.2, -0.15) is 5.10 Å². The van der Waals surface area contributed by atoms with Crippen molar-refractivity contribution in [3.63, 3.8) is 0 Å². The van der Waals surface area contributed by atoms with Crippen LogP contribution in [0.2, 0.25) is 10.0 Å². The largest absolute Gasteiger partial charge is 0.335 e. The van der Waals surface area contributed by atoms with Crippen LogP contribution in [0, 0.1) is 17.8 Å². The van der Waals surface area contributed by atoms with Crippen molar-refractivity contribution in [2.75, 3.05) is 7.05 Å². The van der Waals surface area contributed by atoms with Crippen LogP contribution >= 0.6 is 23.2 Å². The number of nitrogens with zero attached hydrogens (tertiary/aromatic N) is 2. The second-order valence-corrected chi connectivity index (χ2v) is 9.64. The van der Waals surface area contributed by atoms with Gasteiger partial charge in [0.2, 0.25) is 0 Å². The summed E-state index contributed by atoms with van der Waals surface area (Å²) in [5.74, 6) is 2.44. The third-order valence-corrected chi connectivity index (χ3v) is 7.59. The van der Waals surface area contributed by atoms with Crippen molar-refractivity contribution in [2.45, 2.75) is 44.1 Å². The van der Waals surface area contributed by atoms with Gasteiger partial charge < -0.3 is 4.90 Å². The molecule has 1 aromatic heterocycles.